The van der Waals surface area contributed by atoms with Gasteiger partial charge in [-0.2, -0.15) is 0 Å². The number of carbonyl (C=O) groups is 1. The van der Waals surface area contributed by atoms with Gasteiger partial charge in [-0.3, -0.25) is 9.89 Å². The summed E-state index contributed by atoms with van der Waals surface area (Å²) in [5.74, 6) is 1.63. The maximum Gasteiger partial charge on any atom is 0.410 e. The van der Waals surface area contributed by atoms with E-state index >= 15 is 0 Å². The second-order valence-corrected chi connectivity index (χ2v) is 9.37. The molecule has 2 saturated heterocycles. The molecule has 0 saturated carbocycles. The van der Waals surface area contributed by atoms with Crippen molar-refractivity contribution >= 4 is 36.0 Å². The fraction of sp³-hybridized carbons (Fsp3) is 0.900. The molecule has 0 bridgehead atoms. The Morgan fingerprint density at radius 1 is 1.21 bits per heavy atom. The van der Waals surface area contributed by atoms with E-state index in [2.05, 4.69) is 29.0 Å². The topological polar surface area (TPSA) is 60.4 Å². The van der Waals surface area contributed by atoms with Crippen LogP contribution in [0.2, 0.25) is 0 Å². The van der Waals surface area contributed by atoms with Crippen LogP contribution in [-0.4, -0.2) is 90.3 Å². The van der Waals surface area contributed by atoms with Crippen molar-refractivity contribution in [2.45, 2.75) is 65.1 Å². The molecule has 0 aromatic heterocycles. The molecule has 0 aromatic rings. The van der Waals surface area contributed by atoms with Crippen molar-refractivity contribution in [2.24, 2.45) is 10.9 Å². The molecule has 7 nitrogen and oxygen atoms in total. The third kappa shape index (κ3) is 5.87. The summed E-state index contributed by atoms with van der Waals surface area (Å²) in [6.45, 7) is 16.7. The molecule has 28 heavy (non-hydrogen) atoms. The number of halogens is 1. The lowest BCUT2D eigenvalue weighted by atomic mass is 10.0. The van der Waals surface area contributed by atoms with Crippen molar-refractivity contribution in [1.29, 1.82) is 0 Å². The van der Waals surface area contributed by atoms with E-state index in [1.807, 2.05) is 25.7 Å². The minimum Gasteiger partial charge on any atom is -0.444 e. The van der Waals surface area contributed by atoms with Crippen molar-refractivity contribution in [3.8, 4) is 0 Å². The predicted octanol–water partition coefficient (Wildman–Crippen LogP) is 2.61. The first kappa shape index (κ1) is 23.5. The first-order valence-corrected chi connectivity index (χ1v) is 10.5. The molecule has 2 unspecified atom stereocenters. The highest BCUT2D eigenvalue weighted by molar-refractivity contribution is 14.0. The van der Waals surface area contributed by atoms with E-state index in [9.17, 15) is 4.79 Å². The molecule has 162 valence electrons. The predicted molar refractivity (Wildman–Crippen MR) is 123 cm³/mol. The zero-order valence-corrected chi connectivity index (χ0v) is 20.4. The molecule has 3 aliphatic rings. The van der Waals surface area contributed by atoms with Crippen LogP contribution in [0.5, 0.6) is 0 Å². The lowest BCUT2D eigenvalue weighted by molar-refractivity contribution is 0.0137. The van der Waals surface area contributed by atoms with Gasteiger partial charge in [0.25, 0.3) is 0 Å². The largest absolute Gasteiger partial charge is 0.444 e. The van der Waals surface area contributed by atoms with Gasteiger partial charge in [-0.15, -0.1) is 24.0 Å². The zero-order chi connectivity index (χ0) is 19.6. The van der Waals surface area contributed by atoms with Gasteiger partial charge in [0.2, 0.25) is 0 Å². The Bertz CT molecular complexity index is 557. The summed E-state index contributed by atoms with van der Waals surface area (Å²) < 4.78 is 5.52. The van der Waals surface area contributed by atoms with E-state index in [-0.39, 0.29) is 36.1 Å². The van der Waals surface area contributed by atoms with Crippen molar-refractivity contribution in [2.75, 3.05) is 45.8 Å². The molecule has 0 spiro atoms. The van der Waals surface area contributed by atoms with Gasteiger partial charge < -0.3 is 19.9 Å². The maximum atomic E-state index is 12.3. The molecule has 1 amide bonds. The Morgan fingerprint density at radius 2 is 1.89 bits per heavy atom. The molecule has 0 aromatic carbocycles. The third-order valence-corrected chi connectivity index (χ3v) is 5.71. The first-order chi connectivity index (χ1) is 12.7. The number of amides is 1. The summed E-state index contributed by atoms with van der Waals surface area (Å²) in [5, 5.41) is 3.62. The van der Waals surface area contributed by atoms with Crippen molar-refractivity contribution in [1.82, 2.24) is 20.0 Å². The number of aliphatic imine (C=N–C) groups is 1. The summed E-state index contributed by atoms with van der Waals surface area (Å²) in [5.41, 5.74) is -0.450. The van der Waals surface area contributed by atoms with E-state index in [4.69, 9.17) is 9.73 Å². The summed E-state index contributed by atoms with van der Waals surface area (Å²) in [6, 6.07) is 0.815. The SMILES string of the molecule is CC(C)C(CNC1=NCC2CN(C(=O)OC(C)(C)C)CCN12)N1CCCC1.I. The quantitative estimate of drug-likeness (QED) is 0.593. The normalized spacial score (nSPS) is 23.9. The minimum absolute atomic E-state index is 0. The Hall–Kier alpha value is -0.770. The van der Waals surface area contributed by atoms with Gasteiger partial charge in [0.05, 0.1) is 12.6 Å². The lowest BCUT2D eigenvalue weighted by Crippen LogP contribution is -2.58. The summed E-state index contributed by atoms with van der Waals surface area (Å²) >= 11 is 0. The molecule has 2 atom stereocenters. The second-order valence-electron chi connectivity index (χ2n) is 9.37. The smallest absolute Gasteiger partial charge is 0.410 e. The van der Waals surface area contributed by atoms with E-state index in [0.29, 0.717) is 25.0 Å². The Balaban J connectivity index is 0.00000280. The Labute approximate surface area is 187 Å². The fourth-order valence-electron chi connectivity index (χ4n) is 4.28. The van der Waals surface area contributed by atoms with Gasteiger partial charge in [0.15, 0.2) is 5.96 Å². The lowest BCUT2D eigenvalue weighted by Gasteiger charge is -2.40. The van der Waals surface area contributed by atoms with E-state index in [0.717, 1.165) is 25.6 Å². The Morgan fingerprint density at radius 3 is 2.50 bits per heavy atom. The van der Waals surface area contributed by atoms with Gasteiger partial charge in [0.1, 0.15) is 5.60 Å². The molecule has 1 N–H and O–H groups in total. The van der Waals surface area contributed by atoms with E-state index in [1.54, 1.807) is 0 Å². The van der Waals surface area contributed by atoms with E-state index in [1.165, 1.54) is 25.9 Å². The van der Waals surface area contributed by atoms with Gasteiger partial charge in [-0.05, 0) is 52.6 Å². The number of nitrogens with one attached hydrogen (secondary N) is 1. The van der Waals surface area contributed by atoms with Crippen LogP contribution in [0.25, 0.3) is 0 Å². The van der Waals surface area contributed by atoms with Crippen LogP contribution >= 0.6 is 24.0 Å². The number of fused-ring (bicyclic) bond motifs is 1. The van der Waals surface area contributed by atoms with Gasteiger partial charge in [-0.1, -0.05) is 13.8 Å². The van der Waals surface area contributed by atoms with Crippen LogP contribution < -0.4 is 5.32 Å². The number of likely N-dealkylation sites (tertiary alicyclic amines) is 1. The minimum atomic E-state index is -0.450. The standard InChI is InChI=1S/C20H37N5O2.HI/c1-15(2)17(23-8-6-7-9-23)13-22-18-21-12-16-14-24(10-11-25(16)18)19(26)27-20(3,4)5;/h15-17H,6-14H2,1-5H3,(H,21,22);1H. The highest BCUT2D eigenvalue weighted by Gasteiger charge is 2.37. The average molecular weight is 507 g/mol. The number of hydrogen-bond donors (Lipinski definition) is 1. The molecule has 8 heteroatoms. The third-order valence-electron chi connectivity index (χ3n) is 5.71. The van der Waals surface area contributed by atoms with Crippen LogP contribution in [0.4, 0.5) is 4.79 Å². The highest BCUT2D eigenvalue weighted by atomic mass is 127. The number of carbonyl (C=O) groups excluding carboxylic acids is 1. The average Bonchev–Trinajstić information content (AvgIpc) is 3.23. The number of rotatable bonds is 4. The van der Waals surface area contributed by atoms with Crippen LogP contribution in [0.15, 0.2) is 4.99 Å². The van der Waals surface area contributed by atoms with Crippen LogP contribution in [0.3, 0.4) is 0 Å². The highest BCUT2D eigenvalue weighted by Crippen LogP contribution is 2.20. The molecule has 2 fully saturated rings. The van der Waals surface area contributed by atoms with Crippen LogP contribution in [0.1, 0.15) is 47.5 Å². The molecular weight excluding hydrogens is 469 g/mol. The first-order valence-electron chi connectivity index (χ1n) is 10.5. The van der Waals surface area contributed by atoms with Crippen molar-refractivity contribution in [3.63, 3.8) is 0 Å². The summed E-state index contributed by atoms with van der Waals surface area (Å²) in [7, 11) is 0. The van der Waals surface area contributed by atoms with Crippen molar-refractivity contribution < 1.29 is 9.53 Å². The second kappa shape index (κ2) is 9.82. The van der Waals surface area contributed by atoms with Crippen molar-refractivity contribution in [3.05, 3.63) is 0 Å². The van der Waals surface area contributed by atoms with Gasteiger partial charge in [-0.25, -0.2) is 4.79 Å². The summed E-state index contributed by atoms with van der Waals surface area (Å²) in [4.78, 5) is 23.9. The number of hydrogen-bond acceptors (Lipinski definition) is 6. The molecule has 3 heterocycles. The monoisotopic (exact) mass is 507 g/mol. The van der Waals surface area contributed by atoms with Gasteiger partial charge in [0, 0.05) is 32.2 Å². The van der Waals surface area contributed by atoms with Crippen LogP contribution in [-0.2, 0) is 4.74 Å². The molecule has 0 radical (unpaired) electrons. The maximum absolute atomic E-state index is 12.3. The number of nitrogens with zero attached hydrogens (tertiary/aromatic N) is 4. The molecule has 0 aliphatic carbocycles. The Kier molecular flexibility index (Phi) is 8.25. The molecular formula is C20H38IN5O2. The number of guanidine groups is 1. The van der Waals surface area contributed by atoms with Gasteiger partial charge >= 0.3 is 6.09 Å². The van der Waals surface area contributed by atoms with Crippen LogP contribution in [0, 0.1) is 5.92 Å². The molecule has 3 rings (SSSR count). The zero-order valence-electron chi connectivity index (χ0n) is 18.1. The molecule has 3 aliphatic heterocycles. The summed E-state index contributed by atoms with van der Waals surface area (Å²) in [6.07, 6.45) is 2.43. The number of piperazine rings is 1. The van der Waals surface area contributed by atoms with E-state index < -0.39 is 5.60 Å². The fourth-order valence-corrected chi connectivity index (χ4v) is 4.28. The number of ether oxygens (including phenoxy) is 1.